The molecule has 3 atom stereocenters. The van der Waals surface area contributed by atoms with Gasteiger partial charge in [-0.15, -0.1) is 12.6 Å². The average Bonchev–Trinajstić information content (AvgIpc) is 3.30. The van der Waals surface area contributed by atoms with Crippen LogP contribution >= 0.6 is 0 Å². The molecular weight excluding hydrogens is 400 g/mol. The van der Waals surface area contributed by atoms with E-state index in [-0.39, 0.29) is 30.4 Å². The smallest absolute Gasteiger partial charge is 0.294 e. The summed E-state index contributed by atoms with van der Waals surface area (Å²) >= 11 is 0. The van der Waals surface area contributed by atoms with Crippen LogP contribution in [0.3, 0.4) is 0 Å². The molecule has 31 heavy (non-hydrogen) atoms. The Balaban J connectivity index is 1.33. The Morgan fingerprint density at radius 1 is 1.16 bits per heavy atom. The van der Waals surface area contributed by atoms with Crippen molar-refractivity contribution in [1.29, 1.82) is 0 Å². The number of anilines is 1. The lowest BCUT2D eigenvalue weighted by Crippen LogP contribution is -2.31. The summed E-state index contributed by atoms with van der Waals surface area (Å²) in [6, 6.07) is 5.06. The van der Waals surface area contributed by atoms with Gasteiger partial charge in [-0.05, 0) is 37.3 Å². The number of aliphatic hydroxyl groups excluding tert-OH is 2. The Bertz CT molecular complexity index is 816. The van der Waals surface area contributed by atoms with Gasteiger partial charge in [0.25, 0.3) is 5.69 Å². The molecule has 0 spiro atoms. The summed E-state index contributed by atoms with van der Waals surface area (Å²) in [5.74, 6) is 0.164. The first kappa shape index (κ1) is 23.1. The standard InChI is InChI=1S/C21H31N6O4/c28-15-16-11-17(13-19(29)12-16)22-7-3-1-2-4-8-23-20-6-5-18(14-21(20)27(30)31)26-24-9-10-25-26/h5-6,9-10,14,16-17,19,23,28-29H,1-4,7-8,11-13,15H2/q-1/t16?,17?,19-/m0/s1. The maximum absolute atomic E-state index is 11.4. The molecule has 3 rings (SSSR count). The average molecular weight is 432 g/mol. The third kappa shape index (κ3) is 6.98. The second kappa shape index (κ2) is 11.7. The molecule has 1 fully saturated rings. The molecule has 2 unspecified atom stereocenters. The molecule has 0 bridgehead atoms. The first-order valence-electron chi connectivity index (χ1n) is 10.9. The Kier molecular flexibility index (Phi) is 8.74. The summed E-state index contributed by atoms with van der Waals surface area (Å²) in [6.07, 6.45) is 8.89. The quantitative estimate of drug-likeness (QED) is 0.266. The Morgan fingerprint density at radius 3 is 2.68 bits per heavy atom. The molecule has 3 N–H and O–H groups in total. The number of nitrogens with one attached hydrogen (secondary N) is 1. The fourth-order valence-electron chi connectivity index (χ4n) is 4.05. The number of hydrogen-bond donors (Lipinski definition) is 3. The van der Waals surface area contributed by atoms with Gasteiger partial charge in [-0.25, -0.2) is 0 Å². The first-order valence-corrected chi connectivity index (χ1v) is 10.9. The fourth-order valence-corrected chi connectivity index (χ4v) is 4.05. The summed E-state index contributed by atoms with van der Waals surface area (Å²) in [5, 5.41) is 46.4. The molecule has 170 valence electrons. The molecule has 2 aromatic rings. The molecule has 10 heteroatoms. The van der Waals surface area contributed by atoms with Gasteiger partial charge >= 0.3 is 0 Å². The number of hydrogen-bond acceptors (Lipinski definition) is 7. The molecule has 0 radical (unpaired) electrons. The van der Waals surface area contributed by atoms with Gasteiger partial charge < -0.3 is 20.8 Å². The molecular formula is C21H31N6O4-. The molecule has 1 saturated carbocycles. The largest absolute Gasteiger partial charge is 0.659 e. The first-order chi connectivity index (χ1) is 15.1. The zero-order valence-corrected chi connectivity index (χ0v) is 17.6. The number of aliphatic hydroxyl groups is 2. The van der Waals surface area contributed by atoms with Gasteiger partial charge in [0.1, 0.15) is 5.69 Å². The molecule has 1 aromatic carbocycles. The molecule has 1 heterocycles. The van der Waals surface area contributed by atoms with E-state index < -0.39 is 4.92 Å². The van der Waals surface area contributed by atoms with Crippen LogP contribution in [0, 0.1) is 16.0 Å². The topological polar surface area (TPSA) is 140 Å². The van der Waals surface area contributed by atoms with E-state index in [0.717, 1.165) is 38.6 Å². The second-order valence-electron chi connectivity index (χ2n) is 8.09. The lowest BCUT2D eigenvalue weighted by atomic mass is 9.84. The van der Waals surface area contributed by atoms with Crippen LogP contribution in [0.2, 0.25) is 0 Å². The maximum Gasteiger partial charge on any atom is 0.294 e. The van der Waals surface area contributed by atoms with Crippen molar-refractivity contribution in [2.45, 2.75) is 57.1 Å². The van der Waals surface area contributed by atoms with Gasteiger partial charge in [0.15, 0.2) is 0 Å². The van der Waals surface area contributed by atoms with Crippen molar-refractivity contribution in [2.24, 2.45) is 5.92 Å². The molecule has 0 aliphatic heterocycles. The van der Waals surface area contributed by atoms with Crippen LogP contribution < -0.4 is 5.32 Å². The minimum Gasteiger partial charge on any atom is -0.659 e. The Labute approximate surface area is 181 Å². The number of nitro benzene ring substituents is 1. The van der Waals surface area contributed by atoms with E-state index in [0.29, 0.717) is 30.8 Å². The summed E-state index contributed by atoms with van der Waals surface area (Å²) in [5.41, 5.74) is 1.04. The number of unbranched alkanes of at least 4 members (excludes halogenated alkanes) is 3. The van der Waals surface area contributed by atoms with Crippen molar-refractivity contribution in [2.75, 3.05) is 25.0 Å². The van der Waals surface area contributed by atoms with E-state index in [4.69, 9.17) is 0 Å². The lowest BCUT2D eigenvalue weighted by Gasteiger charge is -2.40. The van der Waals surface area contributed by atoms with E-state index in [1.165, 1.54) is 23.3 Å². The SMILES string of the molecule is O=[N+]([O-])c1cc(-n2nccn2)ccc1NCCCCCC[N-]C1CC(CO)C[C@H](O)C1. The molecule has 0 amide bonds. The number of nitro groups is 1. The summed E-state index contributed by atoms with van der Waals surface area (Å²) in [6.45, 7) is 1.55. The van der Waals surface area contributed by atoms with Gasteiger partial charge in [0.05, 0.1) is 29.1 Å². The highest BCUT2D eigenvalue weighted by atomic mass is 16.6. The van der Waals surface area contributed by atoms with Gasteiger partial charge in [-0.2, -0.15) is 15.0 Å². The van der Waals surface area contributed by atoms with E-state index in [9.17, 15) is 20.3 Å². The summed E-state index contributed by atoms with van der Waals surface area (Å²) in [4.78, 5) is 12.4. The maximum atomic E-state index is 11.4. The lowest BCUT2D eigenvalue weighted by molar-refractivity contribution is -0.383. The van der Waals surface area contributed by atoms with E-state index >= 15 is 0 Å². The number of aromatic nitrogens is 3. The third-order valence-corrected chi connectivity index (χ3v) is 5.63. The van der Waals surface area contributed by atoms with Gasteiger partial charge in [0, 0.05) is 19.2 Å². The van der Waals surface area contributed by atoms with Gasteiger partial charge in [0.2, 0.25) is 0 Å². The Hall–Kier alpha value is -2.56. The zero-order chi connectivity index (χ0) is 22.1. The third-order valence-electron chi connectivity index (χ3n) is 5.63. The zero-order valence-electron chi connectivity index (χ0n) is 17.6. The fraction of sp³-hybridized carbons (Fsp3) is 0.619. The minimum absolute atomic E-state index is 0.00412. The van der Waals surface area contributed by atoms with Crippen LogP contribution in [0.4, 0.5) is 11.4 Å². The highest BCUT2D eigenvalue weighted by Crippen LogP contribution is 2.29. The minimum atomic E-state index is -0.402. The highest BCUT2D eigenvalue weighted by Gasteiger charge is 2.22. The molecule has 1 aliphatic carbocycles. The number of nitrogens with zero attached hydrogens (tertiary/aromatic N) is 5. The van der Waals surface area contributed by atoms with E-state index in [1.54, 1.807) is 12.1 Å². The molecule has 1 aromatic heterocycles. The molecule has 1 aliphatic rings. The summed E-state index contributed by atoms with van der Waals surface area (Å²) < 4.78 is 0. The van der Waals surface area contributed by atoms with Crippen LogP contribution in [0.15, 0.2) is 30.6 Å². The van der Waals surface area contributed by atoms with Crippen molar-refractivity contribution in [1.82, 2.24) is 15.0 Å². The second-order valence-corrected chi connectivity index (χ2v) is 8.09. The highest BCUT2D eigenvalue weighted by molar-refractivity contribution is 5.64. The predicted molar refractivity (Wildman–Crippen MR) is 117 cm³/mol. The molecule has 0 saturated heterocycles. The normalized spacial score (nSPS) is 21.2. The van der Waals surface area contributed by atoms with Crippen molar-refractivity contribution in [3.63, 3.8) is 0 Å². The Morgan fingerprint density at radius 2 is 1.94 bits per heavy atom. The number of benzene rings is 1. The number of rotatable bonds is 12. The van der Waals surface area contributed by atoms with Crippen LogP contribution in [-0.4, -0.2) is 62.0 Å². The predicted octanol–water partition coefficient (Wildman–Crippen LogP) is 3.04. The van der Waals surface area contributed by atoms with Crippen LogP contribution in [0.1, 0.15) is 44.9 Å². The van der Waals surface area contributed by atoms with Gasteiger partial charge in [-0.3, -0.25) is 10.1 Å². The van der Waals surface area contributed by atoms with E-state index in [2.05, 4.69) is 20.8 Å². The van der Waals surface area contributed by atoms with E-state index in [1.807, 2.05) is 0 Å². The summed E-state index contributed by atoms with van der Waals surface area (Å²) in [7, 11) is 0. The van der Waals surface area contributed by atoms with Crippen molar-refractivity contribution >= 4 is 11.4 Å². The van der Waals surface area contributed by atoms with Crippen LogP contribution in [-0.2, 0) is 0 Å². The van der Waals surface area contributed by atoms with Crippen molar-refractivity contribution in [3.05, 3.63) is 46.0 Å². The van der Waals surface area contributed by atoms with Crippen molar-refractivity contribution < 1.29 is 15.1 Å². The monoisotopic (exact) mass is 431 g/mol. The van der Waals surface area contributed by atoms with Crippen LogP contribution in [0.5, 0.6) is 0 Å². The van der Waals surface area contributed by atoms with Gasteiger partial charge in [-0.1, -0.05) is 25.7 Å². The van der Waals surface area contributed by atoms with Crippen molar-refractivity contribution in [3.8, 4) is 5.69 Å². The van der Waals surface area contributed by atoms with Crippen LogP contribution in [0.25, 0.3) is 11.0 Å². The molecule has 10 nitrogen and oxygen atoms in total.